The smallest absolute Gasteiger partial charge is 0.326 e. The number of carboxylic acid groups (broad SMARTS) is 1. The molecule has 0 unspecified atom stereocenters. The van der Waals surface area contributed by atoms with Crippen molar-refractivity contribution >= 4 is 18.0 Å². The van der Waals surface area contributed by atoms with Crippen LogP contribution in [-0.4, -0.2) is 23.0 Å². The van der Waals surface area contributed by atoms with E-state index in [1.165, 1.54) is 30.4 Å². The molecule has 0 spiro atoms. The molecule has 2 N–H and O–H groups in total. The third kappa shape index (κ3) is 4.91. The molecular weight excluding hydrogens is 249 g/mol. The number of hydrogen-bond donors (Lipinski definition) is 2. The Kier molecular flexibility index (Phi) is 5.23. The molecule has 1 atom stereocenters. The second kappa shape index (κ2) is 6.68. The number of carboxylic acids is 1. The van der Waals surface area contributed by atoms with E-state index in [2.05, 4.69) is 5.32 Å². The second-order valence-corrected chi connectivity index (χ2v) is 4.46. The number of amides is 1. The molecule has 1 aromatic rings. The summed E-state index contributed by atoms with van der Waals surface area (Å²) < 4.78 is 12.9. The first-order valence-electron chi connectivity index (χ1n) is 5.87. The molecule has 0 heterocycles. The lowest BCUT2D eigenvalue weighted by Crippen LogP contribution is -2.43. The van der Waals surface area contributed by atoms with Gasteiger partial charge in [-0.05, 0) is 29.7 Å². The lowest BCUT2D eigenvalue weighted by atomic mass is 10.0. The van der Waals surface area contributed by atoms with Crippen LogP contribution in [0.2, 0.25) is 0 Å². The highest BCUT2D eigenvalue weighted by molar-refractivity contribution is 5.94. The zero-order valence-electron chi connectivity index (χ0n) is 10.8. The van der Waals surface area contributed by atoms with Crippen LogP contribution in [0.25, 0.3) is 6.08 Å². The van der Waals surface area contributed by atoms with Crippen LogP contribution in [0, 0.1) is 11.7 Å². The fourth-order valence-electron chi connectivity index (χ4n) is 1.50. The van der Waals surface area contributed by atoms with E-state index in [0.717, 1.165) is 0 Å². The van der Waals surface area contributed by atoms with Gasteiger partial charge in [0.05, 0.1) is 0 Å². The van der Waals surface area contributed by atoms with Gasteiger partial charge in [-0.1, -0.05) is 26.0 Å². The van der Waals surface area contributed by atoms with Crippen LogP contribution >= 0.6 is 0 Å². The van der Waals surface area contributed by atoms with E-state index in [-0.39, 0.29) is 5.92 Å². The lowest BCUT2D eigenvalue weighted by Gasteiger charge is -2.16. The highest BCUT2D eigenvalue weighted by Crippen LogP contribution is 2.06. The highest BCUT2D eigenvalue weighted by atomic mass is 19.1. The molecule has 19 heavy (non-hydrogen) atoms. The predicted molar refractivity (Wildman–Crippen MR) is 69.8 cm³/mol. The molecule has 0 saturated heterocycles. The molecule has 0 aromatic heterocycles. The van der Waals surface area contributed by atoms with Crippen molar-refractivity contribution in [2.75, 3.05) is 0 Å². The Hall–Kier alpha value is -2.17. The molecule has 0 aliphatic heterocycles. The van der Waals surface area contributed by atoms with Crippen molar-refractivity contribution < 1.29 is 19.1 Å². The summed E-state index contributed by atoms with van der Waals surface area (Å²) in [7, 11) is 0. The fraction of sp³-hybridized carbons (Fsp3) is 0.286. The molecule has 0 aliphatic carbocycles. The van der Waals surface area contributed by atoms with E-state index in [0.29, 0.717) is 5.56 Å². The SMILES string of the molecule is CC(C)[C@H](NC(=O)/C=C/c1cccc(F)c1)C(=O)O. The Balaban J connectivity index is 2.67. The molecule has 1 rings (SSSR count). The van der Waals surface area contributed by atoms with Gasteiger partial charge in [-0.25, -0.2) is 9.18 Å². The van der Waals surface area contributed by atoms with Crippen LogP contribution < -0.4 is 5.32 Å². The van der Waals surface area contributed by atoms with Crippen molar-refractivity contribution in [3.8, 4) is 0 Å². The third-order valence-corrected chi connectivity index (χ3v) is 2.51. The zero-order valence-corrected chi connectivity index (χ0v) is 10.8. The van der Waals surface area contributed by atoms with E-state index in [9.17, 15) is 14.0 Å². The van der Waals surface area contributed by atoms with Gasteiger partial charge in [-0.3, -0.25) is 4.79 Å². The van der Waals surface area contributed by atoms with Crippen molar-refractivity contribution in [1.82, 2.24) is 5.32 Å². The summed E-state index contributed by atoms with van der Waals surface area (Å²) in [6, 6.07) is 4.81. The van der Waals surface area contributed by atoms with Crippen molar-refractivity contribution in [2.24, 2.45) is 5.92 Å². The quantitative estimate of drug-likeness (QED) is 0.801. The first kappa shape index (κ1) is 14.9. The van der Waals surface area contributed by atoms with E-state index < -0.39 is 23.7 Å². The van der Waals surface area contributed by atoms with Gasteiger partial charge in [0.2, 0.25) is 5.91 Å². The number of rotatable bonds is 5. The number of aliphatic carboxylic acids is 1. The van der Waals surface area contributed by atoms with Gasteiger partial charge in [0.1, 0.15) is 11.9 Å². The van der Waals surface area contributed by atoms with Crippen molar-refractivity contribution in [3.63, 3.8) is 0 Å². The lowest BCUT2D eigenvalue weighted by molar-refractivity contribution is -0.142. The number of halogens is 1. The molecule has 0 saturated carbocycles. The maximum absolute atomic E-state index is 12.9. The van der Waals surface area contributed by atoms with Crippen LogP contribution in [0.15, 0.2) is 30.3 Å². The molecule has 0 radical (unpaired) electrons. The van der Waals surface area contributed by atoms with Gasteiger partial charge in [0.25, 0.3) is 0 Å². The summed E-state index contributed by atoms with van der Waals surface area (Å²) in [6.07, 6.45) is 2.62. The van der Waals surface area contributed by atoms with Gasteiger partial charge in [-0.15, -0.1) is 0 Å². The summed E-state index contributed by atoms with van der Waals surface area (Å²) >= 11 is 0. The first-order chi connectivity index (χ1) is 8.90. The van der Waals surface area contributed by atoms with Crippen LogP contribution in [0.5, 0.6) is 0 Å². The van der Waals surface area contributed by atoms with E-state index in [1.54, 1.807) is 19.9 Å². The summed E-state index contributed by atoms with van der Waals surface area (Å²) in [4.78, 5) is 22.5. The number of nitrogens with one attached hydrogen (secondary N) is 1. The molecule has 4 nitrogen and oxygen atoms in total. The Morgan fingerprint density at radius 3 is 2.58 bits per heavy atom. The van der Waals surface area contributed by atoms with E-state index >= 15 is 0 Å². The van der Waals surface area contributed by atoms with Gasteiger partial charge >= 0.3 is 5.97 Å². The van der Waals surface area contributed by atoms with E-state index in [1.807, 2.05) is 0 Å². The molecular formula is C14H16FNO3. The Morgan fingerprint density at radius 1 is 1.37 bits per heavy atom. The predicted octanol–water partition coefficient (Wildman–Crippen LogP) is 2.06. The monoisotopic (exact) mass is 265 g/mol. The summed E-state index contributed by atoms with van der Waals surface area (Å²) in [5, 5.41) is 11.3. The zero-order chi connectivity index (χ0) is 14.4. The number of hydrogen-bond acceptors (Lipinski definition) is 2. The Morgan fingerprint density at radius 2 is 2.05 bits per heavy atom. The van der Waals surface area contributed by atoms with Crippen LogP contribution in [-0.2, 0) is 9.59 Å². The molecule has 1 aromatic carbocycles. The highest BCUT2D eigenvalue weighted by Gasteiger charge is 2.22. The minimum absolute atomic E-state index is 0.219. The maximum atomic E-state index is 12.9. The van der Waals surface area contributed by atoms with Gasteiger partial charge < -0.3 is 10.4 Å². The van der Waals surface area contributed by atoms with Gasteiger partial charge in [-0.2, -0.15) is 0 Å². The van der Waals surface area contributed by atoms with Crippen molar-refractivity contribution in [2.45, 2.75) is 19.9 Å². The van der Waals surface area contributed by atoms with Gasteiger partial charge in [0.15, 0.2) is 0 Å². The van der Waals surface area contributed by atoms with Crippen molar-refractivity contribution in [1.29, 1.82) is 0 Å². The Labute approximate surface area is 110 Å². The largest absolute Gasteiger partial charge is 0.480 e. The van der Waals surface area contributed by atoms with Gasteiger partial charge in [0, 0.05) is 6.08 Å². The molecule has 0 fully saturated rings. The Bertz CT molecular complexity index is 497. The molecule has 102 valence electrons. The van der Waals surface area contributed by atoms with Crippen LogP contribution in [0.4, 0.5) is 4.39 Å². The molecule has 1 amide bonds. The van der Waals surface area contributed by atoms with Crippen LogP contribution in [0.1, 0.15) is 19.4 Å². The molecule has 0 aliphatic rings. The van der Waals surface area contributed by atoms with Crippen LogP contribution in [0.3, 0.4) is 0 Å². The van der Waals surface area contributed by atoms with Crippen molar-refractivity contribution in [3.05, 3.63) is 41.7 Å². The number of carbonyl (C=O) groups is 2. The fourth-order valence-corrected chi connectivity index (χ4v) is 1.50. The summed E-state index contributed by atoms with van der Waals surface area (Å²) in [5.74, 6) is -2.22. The summed E-state index contributed by atoms with van der Waals surface area (Å²) in [5.41, 5.74) is 0.534. The molecule has 5 heteroatoms. The average molecular weight is 265 g/mol. The minimum atomic E-state index is -1.08. The number of benzene rings is 1. The maximum Gasteiger partial charge on any atom is 0.326 e. The standard InChI is InChI=1S/C14H16FNO3/c1-9(2)13(14(18)19)16-12(17)7-6-10-4-3-5-11(15)8-10/h3-9,13H,1-2H3,(H,16,17)(H,18,19)/b7-6+/t13-/m0/s1. The minimum Gasteiger partial charge on any atom is -0.480 e. The first-order valence-corrected chi connectivity index (χ1v) is 5.87. The second-order valence-electron chi connectivity index (χ2n) is 4.46. The van der Waals surface area contributed by atoms with E-state index in [4.69, 9.17) is 5.11 Å². The summed E-state index contributed by atoms with van der Waals surface area (Å²) in [6.45, 7) is 3.41. The topological polar surface area (TPSA) is 66.4 Å². The normalized spacial score (nSPS) is 12.6. The third-order valence-electron chi connectivity index (χ3n) is 2.51. The number of carbonyl (C=O) groups excluding carboxylic acids is 1. The average Bonchev–Trinajstić information content (AvgIpc) is 2.32. The molecule has 0 bridgehead atoms.